The molecule has 0 unspecified atom stereocenters. The van der Waals surface area contributed by atoms with Crippen LogP contribution < -0.4 is 4.74 Å². The standard InChI is InChI=1S/C11H13NO6/c13-7-8-6-9(3-4-10(8)12(16)17)18-5-1-2-11(14)15/h3-4,6,13H,1-2,5,7H2,(H,14,15). The van der Waals surface area contributed by atoms with Gasteiger partial charge in [0.2, 0.25) is 0 Å². The third kappa shape index (κ3) is 4.02. The largest absolute Gasteiger partial charge is 0.494 e. The lowest BCUT2D eigenvalue weighted by atomic mass is 10.2. The fourth-order valence-electron chi connectivity index (χ4n) is 1.37. The van der Waals surface area contributed by atoms with Crippen molar-refractivity contribution in [2.75, 3.05) is 6.61 Å². The molecule has 1 rings (SSSR count). The molecule has 7 nitrogen and oxygen atoms in total. The lowest BCUT2D eigenvalue weighted by molar-refractivity contribution is -0.385. The summed E-state index contributed by atoms with van der Waals surface area (Å²) in [6.45, 7) is -0.252. The normalized spacial score (nSPS) is 10.1. The molecule has 0 aromatic heterocycles. The van der Waals surface area contributed by atoms with Crippen LogP contribution in [-0.4, -0.2) is 27.7 Å². The lowest BCUT2D eigenvalue weighted by Gasteiger charge is -2.07. The molecule has 0 aliphatic carbocycles. The number of hydrogen-bond acceptors (Lipinski definition) is 5. The summed E-state index contributed by atoms with van der Waals surface area (Å²) in [6.07, 6.45) is 0.348. The van der Waals surface area contributed by atoms with Gasteiger partial charge in [0.1, 0.15) is 5.75 Å². The average molecular weight is 255 g/mol. The smallest absolute Gasteiger partial charge is 0.303 e. The van der Waals surface area contributed by atoms with E-state index >= 15 is 0 Å². The first-order valence-corrected chi connectivity index (χ1v) is 5.27. The van der Waals surface area contributed by atoms with Gasteiger partial charge in [0.05, 0.1) is 23.7 Å². The highest BCUT2D eigenvalue weighted by Gasteiger charge is 2.13. The molecule has 2 N–H and O–H groups in total. The number of ether oxygens (including phenoxy) is 1. The van der Waals surface area contributed by atoms with Crippen molar-refractivity contribution in [2.45, 2.75) is 19.4 Å². The number of carboxylic acid groups (broad SMARTS) is 1. The first-order valence-electron chi connectivity index (χ1n) is 5.27. The Balaban J connectivity index is 2.62. The lowest BCUT2D eigenvalue weighted by Crippen LogP contribution is -2.03. The number of nitrogens with zero attached hydrogens (tertiary/aromatic N) is 1. The van der Waals surface area contributed by atoms with Gasteiger partial charge in [0, 0.05) is 12.5 Å². The number of nitro groups is 1. The van der Waals surface area contributed by atoms with Crippen LogP contribution in [0.25, 0.3) is 0 Å². The molecule has 0 saturated heterocycles. The average Bonchev–Trinajstić information content (AvgIpc) is 2.33. The third-order valence-electron chi connectivity index (χ3n) is 2.22. The van der Waals surface area contributed by atoms with E-state index in [1.165, 1.54) is 18.2 Å². The van der Waals surface area contributed by atoms with Crippen LogP contribution in [0.2, 0.25) is 0 Å². The second-order valence-electron chi connectivity index (χ2n) is 3.55. The maximum atomic E-state index is 10.6. The number of aliphatic hydroxyl groups excluding tert-OH is 1. The fourth-order valence-corrected chi connectivity index (χ4v) is 1.37. The molecule has 0 saturated carbocycles. The van der Waals surface area contributed by atoms with E-state index in [4.69, 9.17) is 14.9 Å². The minimum Gasteiger partial charge on any atom is -0.494 e. The number of benzene rings is 1. The first kappa shape index (κ1) is 13.9. The molecule has 0 bridgehead atoms. The van der Waals surface area contributed by atoms with Gasteiger partial charge in [-0.15, -0.1) is 0 Å². The summed E-state index contributed by atoms with van der Waals surface area (Å²) in [7, 11) is 0. The molecule has 0 aliphatic heterocycles. The van der Waals surface area contributed by atoms with Crippen molar-refractivity contribution in [1.82, 2.24) is 0 Å². The Morgan fingerprint density at radius 2 is 2.17 bits per heavy atom. The predicted molar refractivity (Wildman–Crippen MR) is 61.4 cm³/mol. The zero-order valence-electron chi connectivity index (χ0n) is 9.54. The van der Waals surface area contributed by atoms with Crippen LogP contribution in [0.5, 0.6) is 5.75 Å². The van der Waals surface area contributed by atoms with Gasteiger partial charge in [-0.3, -0.25) is 14.9 Å². The second-order valence-corrected chi connectivity index (χ2v) is 3.55. The van der Waals surface area contributed by atoms with E-state index in [1.807, 2.05) is 0 Å². The molecule has 0 radical (unpaired) electrons. The molecule has 0 atom stereocenters. The van der Waals surface area contributed by atoms with Gasteiger partial charge >= 0.3 is 5.97 Å². The maximum absolute atomic E-state index is 10.6. The van der Waals surface area contributed by atoms with Crippen molar-refractivity contribution in [1.29, 1.82) is 0 Å². The maximum Gasteiger partial charge on any atom is 0.303 e. The quantitative estimate of drug-likeness (QED) is 0.432. The van der Waals surface area contributed by atoms with E-state index in [1.54, 1.807) is 0 Å². The zero-order chi connectivity index (χ0) is 13.5. The highest BCUT2D eigenvalue weighted by molar-refractivity contribution is 5.66. The fraction of sp³-hybridized carbons (Fsp3) is 0.364. The molecule has 0 spiro atoms. The summed E-state index contributed by atoms with van der Waals surface area (Å²) in [5.41, 5.74) is -0.00822. The molecule has 0 aliphatic rings. The number of carboxylic acids is 1. The van der Waals surface area contributed by atoms with E-state index in [2.05, 4.69) is 0 Å². The van der Waals surface area contributed by atoms with Crippen LogP contribution >= 0.6 is 0 Å². The molecular formula is C11H13NO6. The van der Waals surface area contributed by atoms with Crippen molar-refractivity contribution in [3.8, 4) is 5.75 Å². The minimum atomic E-state index is -0.904. The summed E-state index contributed by atoms with van der Waals surface area (Å²) in [5, 5.41) is 28.0. The third-order valence-corrected chi connectivity index (χ3v) is 2.22. The van der Waals surface area contributed by atoms with Crippen LogP contribution in [-0.2, 0) is 11.4 Å². The van der Waals surface area contributed by atoms with Crippen molar-refractivity contribution < 1.29 is 24.7 Å². The molecule has 1 aromatic carbocycles. The Bertz CT molecular complexity index is 445. The Kier molecular flexibility index (Phi) is 5.06. The van der Waals surface area contributed by atoms with Gasteiger partial charge in [0.25, 0.3) is 5.69 Å². The number of aliphatic hydroxyl groups is 1. The first-order chi connectivity index (χ1) is 8.54. The SMILES string of the molecule is O=C(O)CCCOc1ccc([N+](=O)[O-])c(CO)c1. The van der Waals surface area contributed by atoms with E-state index in [-0.39, 0.29) is 24.3 Å². The highest BCUT2D eigenvalue weighted by Crippen LogP contribution is 2.24. The van der Waals surface area contributed by atoms with Crippen molar-refractivity contribution in [2.24, 2.45) is 0 Å². The zero-order valence-corrected chi connectivity index (χ0v) is 9.54. The molecule has 18 heavy (non-hydrogen) atoms. The molecule has 0 heterocycles. The van der Waals surface area contributed by atoms with Gasteiger partial charge in [-0.25, -0.2) is 0 Å². The summed E-state index contributed by atoms with van der Waals surface area (Å²) >= 11 is 0. The molecule has 7 heteroatoms. The number of rotatable bonds is 7. The Morgan fingerprint density at radius 3 is 2.72 bits per heavy atom. The van der Waals surface area contributed by atoms with Gasteiger partial charge in [-0.05, 0) is 18.6 Å². The van der Waals surface area contributed by atoms with E-state index in [0.717, 1.165) is 0 Å². The summed E-state index contributed by atoms with van der Waals surface area (Å²) < 4.78 is 5.24. The van der Waals surface area contributed by atoms with Gasteiger partial charge in [0.15, 0.2) is 0 Å². The van der Waals surface area contributed by atoms with Crippen LogP contribution in [0.3, 0.4) is 0 Å². The van der Waals surface area contributed by atoms with Crippen molar-refractivity contribution >= 4 is 11.7 Å². The molecule has 1 aromatic rings. The van der Waals surface area contributed by atoms with Crippen molar-refractivity contribution in [3.63, 3.8) is 0 Å². The van der Waals surface area contributed by atoms with Crippen LogP contribution in [0.4, 0.5) is 5.69 Å². The molecule has 0 amide bonds. The molecular weight excluding hydrogens is 242 g/mol. The molecule has 98 valence electrons. The van der Waals surface area contributed by atoms with E-state index in [9.17, 15) is 14.9 Å². The van der Waals surface area contributed by atoms with Crippen LogP contribution in [0.1, 0.15) is 18.4 Å². The highest BCUT2D eigenvalue weighted by atomic mass is 16.6. The number of nitro benzene ring substituents is 1. The Labute approximate surface area is 103 Å². The Hall–Kier alpha value is -2.15. The van der Waals surface area contributed by atoms with Crippen LogP contribution in [0.15, 0.2) is 18.2 Å². The minimum absolute atomic E-state index is 0.000160. The van der Waals surface area contributed by atoms with E-state index in [0.29, 0.717) is 12.2 Å². The summed E-state index contributed by atoms with van der Waals surface area (Å²) in [6, 6.07) is 4.04. The van der Waals surface area contributed by atoms with Crippen LogP contribution in [0, 0.1) is 10.1 Å². The van der Waals surface area contributed by atoms with Crippen molar-refractivity contribution in [3.05, 3.63) is 33.9 Å². The number of hydrogen-bond donors (Lipinski definition) is 2. The topological polar surface area (TPSA) is 110 Å². The molecule has 0 fully saturated rings. The monoisotopic (exact) mass is 255 g/mol. The summed E-state index contributed by atoms with van der Waals surface area (Å²) in [5.74, 6) is -0.534. The van der Waals surface area contributed by atoms with Gasteiger partial charge < -0.3 is 14.9 Å². The van der Waals surface area contributed by atoms with E-state index < -0.39 is 17.5 Å². The second kappa shape index (κ2) is 6.55. The number of carbonyl (C=O) groups is 1. The summed E-state index contributed by atoms with van der Waals surface area (Å²) in [4.78, 5) is 20.3. The Morgan fingerprint density at radius 1 is 1.44 bits per heavy atom. The van der Waals surface area contributed by atoms with Gasteiger partial charge in [-0.1, -0.05) is 0 Å². The van der Waals surface area contributed by atoms with Gasteiger partial charge in [-0.2, -0.15) is 0 Å². The number of aliphatic carboxylic acids is 1. The predicted octanol–water partition coefficient (Wildman–Crippen LogP) is 1.33.